The fourth-order valence-corrected chi connectivity index (χ4v) is 5.42. The Balaban J connectivity index is 1.74. The van der Waals surface area contributed by atoms with E-state index in [4.69, 9.17) is 10.5 Å². The molecule has 0 saturated heterocycles. The first kappa shape index (κ1) is 28.5. The van der Waals surface area contributed by atoms with Crippen molar-refractivity contribution < 1.29 is 31.9 Å². The SMILES string of the molecule is CC(C)Cc1c(C(=O)C(N)=O)c2c(OCC(=O)NS(=O)(=O)c3ccc(F)cc3)cccc2n1Cc1ccccc1. The summed E-state index contributed by atoms with van der Waals surface area (Å²) in [6.45, 7) is 3.64. The number of nitrogens with zero attached hydrogens (tertiary/aromatic N) is 1. The highest BCUT2D eigenvalue weighted by atomic mass is 32.2. The molecule has 0 bridgehead atoms. The molecule has 0 radical (unpaired) electrons. The largest absolute Gasteiger partial charge is 0.483 e. The van der Waals surface area contributed by atoms with Crippen LogP contribution in [0.3, 0.4) is 0 Å². The molecule has 11 heteroatoms. The summed E-state index contributed by atoms with van der Waals surface area (Å²) in [7, 11) is -4.27. The Hall–Kier alpha value is -4.51. The van der Waals surface area contributed by atoms with Crippen molar-refractivity contribution in [2.45, 2.75) is 31.7 Å². The second-order valence-corrected chi connectivity index (χ2v) is 11.3. The highest BCUT2D eigenvalue weighted by molar-refractivity contribution is 7.90. The van der Waals surface area contributed by atoms with Crippen LogP contribution in [0, 0.1) is 11.7 Å². The molecule has 0 saturated carbocycles. The zero-order chi connectivity index (χ0) is 29.0. The van der Waals surface area contributed by atoms with Crippen LogP contribution in [0.25, 0.3) is 10.9 Å². The first-order valence-corrected chi connectivity index (χ1v) is 13.9. The van der Waals surface area contributed by atoms with E-state index in [-0.39, 0.29) is 22.1 Å². The lowest BCUT2D eigenvalue weighted by Gasteiger charge is -2.14. The van der Waals surface area contributed by atoms with Gasteiger partial charge in [0, 0.05) is 12.2 Å². The lowest BCUT2D eigenvalue weighted by Crippen LogP contribution is -2.34. The first-order valence-electron chi connectivity index (χ1n) is 12.4. The van der Waals surface area contributed by atoms with Crippen LogP contribution < -0.4 is 15.2 Å². The predicted octanol–water partition coefficient (Wildman–Crippen LogP) is 3.58. The number of amides is 2. The molecule has 0 atom stereocenters. The van der Waals surface area contributed by atoms with Gasteiger partial charge in [0.15, 0.2) is 6.61 Å². The van der Waals surface area contributed by atoms with Crippen molar-refractivity contribution in [3.05, 3.63) is 95.4 Å². The van der Waals surface area contributed by atoms with E-state index in [2.05, 4.69) is 0 Å². The van der Waals surface area contributed by atoms with E-state index in [1.807, 2.05) is 53.5 Å². The number of nitrogens with two attached hydrogens (primary N) is 1. The molecule has 0 aliphatic rings. The molecule has 0 aliphatic carbocycles. The number of carbonyl (C=O) groups is 3. The molecule has 2 amide bonds. The van der Waals surface area contributed by atoms with Gasteiger partial charge in [-0.25, -0.2) is 17.5 Å². The minimum absolute atomic E-state index is 0.0853. The summed E-state index contributed by atoms with van der Waals surface area (Å²) in [6, 6.07) is 18.5. The summed E-state index contributed by atoms with van der Waals surface area (Å²) in [4.78, 5) is 37.5. The molecule has 0 aliphatic heterocycles. The van der Waals surface area contributed by atoms with Crippen molar-refractivity contribution in [1.29, 1.82) is 0 Å². The third kappa shape index (κ3) is 6.20. The van der Waals surface area contributed by atoms with Crippen LogP contribution in [0.5, 0.6) is 5.75 Å². The third-order valence-electron chi connectivity index (χ3n) is 6.13. The van der Waals surface area contributed by atoms with Crippen LogP contribution in [-0.4, -0.2) is 37.2 Å². The normalized spacial score (nSPS) is 11.5. The second-order valence-electron chi connectivity index (χ2n) is 9.61. The van der Waals surface area contributed by atoms with Crippen molar-refractivity contribution in [3.8, 4) is 5.75 Å². The van der Waals surface area contributed by atoms with Crippen LogP contribution >= 0.6 is 0 Å². The van der Waals surface area contributed by atoms with Gasteiger partial charge in [-0.05, 0) is 54.3 Å². The Bertz CT molecular complexity index is 1680. The molecule has 1 heterocycles. The van der Waals surface area contributed by atoms with Gasteiger partial charge < -0.3 is 15.0 Å². The van der Waals surface area contributed by atoms with E-state index < -0.39 is 40.0 Å². The standard InChI is InChI=1S/C29H28FN3O6S/c1-18(2)15-23-27(28(35)29(31)36)26-22(33(23)16-19-7-4-3-5-8-19)9-6-10-24(26)39-17-25(34)32-40(37,38)21-13-11-20(30)12-14-21/h3-14,18H,15-17H2,1-2H3,(H2,31,36)(H,32,34). The van der Waals surface area contributed by atoms with Gasteiger partial charge in [-0.15, -0.1) is 0 Å². The quantitative estimate of drug-likeness (QED) is 0.211. The number of nitrogens with one attached hydrogen (secondary N) is 1. The molecule has 0 spiro atoms. The van der Waals surface area contributed by atoms with Gasteiger partial charge in [0.2, 0.25) is 0 Å². The van der Waals surface area contributed by atoms with Crippen LogP contribution in [0.2, 0.25) is 0 Å². The molecule has 0 fully saturated rings. The summed E-state index contributed by atoms with van der Waals surface area (Å²) in [6.07, 6.45) is 0.450. The van der Waals surface area contributed by atoms with E-state index >= 15 is 0 Å². The Morgan fingerprint density at radius 3 is 2.27 bits per heavy atom. The average Bonchev–Trinajstić information content (AvgIpc) is 3.20. The van der Waals surface area contributed by atoms with Gasteiger partial charge in [-0.1, -0.05) is 50.2 Å². The number of hydrogen-bond acceptors (Lipinski definition) is 6. The van der Waals surface area contributed by atoms with Gasteiger partial charge in [0.25, 0.3) is 27.6 Å². The number of ether oxygens (including phenoxy) is 1. The van der Waals surface area contributed by atoms with E-state index in [0.29, 0.717) is 29.6 Å². The van der Waals surface area contributed by atoms with Crippen molar-refractivity contribution in [1.82, 2.24) is 9.29 Å². The number of sulfonamides is 1. The van der Waals surface area contributed by atoms with Crippen molar-refractivity contribution in [2.24, 2.45) is 11.7 Å². The number of ketones is 1. The van der Waals surface area contributed by atoms with Crippen molar-refractivity contribution in [2.75, 3.05) is 6.61 Å². The average molecular weight is 566 g/mol. The van der Waals surface area contributed by atoms with Crippen LogP contribution in [0.1, 0.15) is 35.5 Å². The molecule has 3 aromatic carbocycles. The molecule has 40 heavy (non-hydrogen) atoms. The summed E-state index contributed by atoms with van der Waals surface area (Å²) in [5, 5.41) is 0.298. The second kappa shape index (κ2) is 11.7. The lowest BCUT2D eigenvalue weighted by atomic mass is 9.99. The van der Waals surface area contributed by atoms with Gasteiger partial charge in [-0.3, -0.25) is 14.4 Å². The predicted molar refractivity (Wildman–Crippen MR) is 147 cm³/mol. The van der Waals surface area contributed by atoms with E-state index in [0.717, 1.165) is 29.8 Å². The highest BCUT2D eigenvalue weighted by Crippen LogP contribution is 2.36. The number of hydrogen-bond donors (Lipinski definition) is 2. The van der Waals surface area contributed by atoms with E-state index in [1.165, 1.54) is 6.07 Å². The Labute approximate surface area is 230 Å². The maximum Gasteiger partial charge on any atom is 0.289 e. The topological polar surface area (TPSA) is 138 Å². The third-order valence-corrected chi connectivity index (χ3v) is 7.52. The van der Waals surface area contributed by atoms with Crippen LogP contribution in [-0.2, 0) is 32.6 Å². The fraction of sp³-hybridized carbons (Fsp3) is 0.207. The first-order chi connectivity index (χ1) is 19.0. The number of aromatic nitrogens is 1. The number of Topliss-reactive ketones (excluding diaryl/α,β-unsaturated/α-hetero) is 1. The summed E-state index contributed by atoms with van der Waals surface area (Å²) < 4.78 is 47.7. The van der Waals surface area contributed by atoms with Crippen LogP contribution in [0.4, 0.5) is 4.39 Å². The fourth-order valence-electron chi connectivity index (χ4n) is 4.45. The van der Waals surface area contributed by atoms with E-state index in [1.54, 1.807) is 12.1 Å². The van der Waals surface area contributed by atoms with E-state index in [9.17, 15) is 27.2 Å². The number of rotatable bonds is 11. The van der Waals surface area contributed by atoms with Crippen LogP contribution in [0.15, 0.2) is 77.7 Å². The molecular weight excluding hydrogens is 537 g/mol. The van der Waals surface area contributed by atoms with Gasteiger partial charge in [-0.2, -0.15) is 0 Å². The molecular formula is C29H28FN3O6S. The number of halogens is 1. The molecule has 4 rings (SSSR count). The number of fused-ring (bicyclic) bond motifs is 1. The molecule has 9 nitrogen and oxygen atoms in total. The zero-order valence-electron chi connectivity index (χ0n) is 21.9. The summed E-state index contributed by atoms with van der Waals surface area (Å²) >= 11 is 0. The van der Waals surface area contributed by atoms with Gasteiger partial charge in [0.05, 0.1) is 21.4 Å². The summed E-state index contributed by atoms with van der Waals surface area (Å²) in [5.74, 6) is -3.43. The van der Waals surface area contributed by atoms with Gasteiger partial charge >= 0.3 is 0 Å². The Kier molecular flexibility index (Phi) is 8.34. The maximum absolute atomic E-state index is 13.2. The van der Waals surface area contributed by atoms with Gasteiger partial charge in [0.1, 0.15) is 11.6 Å². The summed E-state index contributed by atoms with van der Waals surface area (Å²) in [5.41, 5.74) is 7.66. The maximum atomic E-state index is 13.2. The molecule has 1 aromatic heterocycles. The minimum Gasteiger partial charge on any atom is -0.483 e. The smallest absolute Gasteiger partial charge is 0.289 e. The minimum atomic E-state index is -4.27. The Morgan fingerprint density at radius 2 is 1.65 bits per heavy atom. The molecule has 3 N–H and O–H groups in total. The Morgan fingerprint density at radius 1 is 0.975 bits per heavy atom. The van der Waals surface area contributed by atoms with Crippen molar-refractivity contribution >= 4 is 38.5 Å². The number of carbonyl (C=O) groups excluding carboxylic acids is 3. The number of primary amides is 1. The zero-order valence-corrected chi connectivity index (χ0v) is 22.7. The highest BCUT2D eigenvalue weighted by Gasteiger charge is 2.29. The van der Waals surface area contributed by atoms with Crippen molar-refractivity contribution in [3.63, 3.8) is 0 Å². The molecule has 4 aromatic rings. The molecule has 208 valence electrons. The monoisotopic (exact) mass is 565 g/mol. The number of benzene rings is 3. The molecule has 0 unspecified atom stereocenters. The lowest BCUT2D eigenvalue weighted by molar-refractivity contribution is -0.121.